The number of aliphatic hydroxyl groups is 1. The van der Waals surface area contributed by atoms with Gasteiger partial charge in [0.2, 0.25) is 5.95 Å². The van der Waals surface area contributed by atoms with Crippen LogP contribution in [0.2, 0.25) is 0 Å². The van der Waals surface area contributed by atoms with Crippen molar-refractivity contribution in [2.24, 2.45) is 0 Å². The standard InChI is InChI=1S/C12H17N3O/c1-2-3-10-8-13-12(14-9-10)15-6-4-11(16)5-7-15/h2-3,8-9,11,16H,4-7H2,1H3. The molecule has 16 heavy (non-hydrogen) atoms. The van der Waals surface area contributed by atoms with Crippen molar-refractivity contribution in [2.45, 2.75) is 25.9 Å². The summed E-state index contributed by atoms with van der Waals surface area (Å²) in [6.45, 7) is 3.65. The Morgan fingerprint density at radius 2 is 1.94 bits per heavy atom. The number of allylic oxidation sites excluding steroid dienone is 1. The summed E-state index contributed by atoms with van der Waals surface area (Å²) in [7, 11) is 0. The molecule has 1 saturated heterocycles. The van der Waals surface area contributed by atoms with Gasteiger partial charge in [0.25, 0.3) is 0 Å². The zero-order chi connectivity index (χ0) is 11.4. The van der Waals surface area contributed by atoms with Gasteiger partial charge in [-0.1, -0.05) is 12.2 Å². The second-order valence-electron chi connectivity index (χ2n) is 4.03. The lowest BCUT2D eigenvalue weighted by Crippen LogP contribution is -2.36. The molecule has 0 saturated carbocycles. The van der Waals surface area contributed by atoms with Gasteiger partial charge in [-0.3, -0.25) is 0 Å². The minimum atomic E-state index is -0.154. The normalized spacial score (nSPS) is 18.2. The van der Waals surface area contributed by atoms with Gasteiger partial charge < -0.3 is 10.0 Å². The molecule has 0 radical (unpaired) electrons. The zero-order valence-electron chi connectivity index (χ0n) is 9.50. The van der Waals surface area contributed by atoms with Crippen LogP contribution in [0.3, 0.4) is 0 Å². The molecule has 1 N–H and O–H groups in total. The van der Waals surface area contributed by atoms with Crippen LogP contribution in [0.5, 0.6) is 0 Å². The molecule has 4 heteroatoms. The Balaban J connectivity index is 2.04. The van der Waals surface area contributed by atoms with Crippen molar-refractivity contribution in [1.82, 2.24) is 9.97 Å². The molecule has 2 heterocycles. The van der Waals surface area contributed by atoms with Crippen LogP contribution < -0.4 is 4.90 Å². The molecule has 0 atom stereocenters. The number of aliphatic hydroxyl groups excluding tert-OH is 1. The molecule has 0 bridgehead atoms. The predicted molar refractivity (Wildman–Crippen MR) is 64.2 cm³/mol. The van der Waals surface area contributed by atoms with Gasteiger partial charge in [0.05, 0.1) is 6.10 Å². The smallest absolute Gasteiger partial charge is 0.225 e. The van der Waals surface area contributed by atoms with E-state index in [4.69, 9.17) is 0 Å². The van der Waals surface area contributed by atoms with E-state index in [0.717, 1.165) is 37.4 Å². The maximum atomic E-state index is 9.41. The highest BCUT2D eigenvalue weighted by molar-refractivity contribution is 5.47. The van der Waals surface area contributed by atoms with E-state index in [1.54, 1.807) is 0 Å². The Morgan fingerprint density at radius 3 is 2.50 bits per heavy atom. The Bertz CT molecular complexity index is 353. The van der Waals surface area contributed by atoms with E-state index in [1.807, 2.05) is 31.5 Å². The maximum absolute atomic E-state index is 9.41. The van der Waals surface area contributed by atoms with Gasteiger partial charge in [-0.2, -0.15) is 0 Å². The summed E-state index contributed by atoms with van der Waals surface area (Å²) in [5.41, 5.74) is 1.02. The molecular formula is C12H17N3O. The highest BCUT2D eigenvalue weighted by Gasteiger charge is 2.18. The Kier molecular flexibility index (Phi) is 3.51. The van der Waals surface area contributed by atoms with Crippen LogP contribution >= 0.6 is 0 Å². The molecule has 1 aliphatic heterocycles. The maximum Gasteiger partial charge on any atom is 0.225 e. The first-order chi connectivity index (χ1) is 7.79. The summed E-state index contributed by atoms with van der Waals surface area (Å²) >= 11 is 0. The Morgan fingerprint density at radius 1 is 1.31 bits per heavy atom. The monoisotopic (exact) mass is 219 g/mol. The van der Waals surface area contributed by atoms with Gasteiger partial charge in [-0.15, -0.1) is 0 Å². The van der Waals surface area contributed by atoms with Crippen molar-refractivity contribution < 1.29 is 5.11 Å². The molecule has 0 aliphatic carbocycles. The fourth-order valence-corrected chi connectivity index (χ4v) is 1.84. The largest absolute Gasteiger partial charge is 0.393 e. The second kappa shape index (κ2) is 5.07. The van der Waals surface area contributed by atoms with E-state index in [1.165, 1.54) is 0 Å². The van der Waals surface area contributed by atoms with Crippen molar-refractivity contribution in [1.29, 1.82) is 0 Å². The van der Waals surface area contributed by atoms with Crippen molar-refractivity contribution in [3.05, 3.63) is 24.0 Å². The van der Waals surface area contributed by atoms with Crippen LogP contribution in [0.1, 0.15) is 25.3 Å². The summed E-state index contributed by atoms with van der Waals surface area (Å²) in [5.74, 6) is 0.764. The molecule has 2 rings (SSSR count). The van der Waals surface area contributed by atoms with Crippen LogP contribution in [-0.2, 0) is 0 Å². The van der Waals surface area contributed by atoms with Gasteiger partial charge in [-0.25, -0.2) is 9.97 Å². The third-order valence-electron chi connectivity index (χ3n) is 2.76. The molecule has 0 unspecified atom stereocenters. The van der Waals surface area contributed by atoms with E-state index in [0.29, 0.717) is 0 Å². The molecule has 1 aliphatic rings. The average Bonchev–Trinajstić information content (AvgIpc) is 2.32. The summed E-state index contributed by atoms with van der Waals surface area (Å²) in [4.78, 5) is 10.8. The molecule has 0 aromatic carbocycles. The van der Waals surface area contributed by atoms with Gasteiger partial charge in [0, 0.05) is 31.0 Å². The third kappa shape index (κ3) is 2.58. The SMILES string of the molecule is CC=Cc1cnc(N2CCC(O)CC2)nc1. The minimum absolute atomic E-state index is 0.154. The van der Waals surface area contributed by atoms with E-state index < -0.39 is 0 Å². The average molecular weight is 219 g/mol. The number of aromatic nitrogens is 2. The summed E-state index contributed by atoms with van der Waals surface area (Å²) in [6, 6.07) is 0. The van der Waals surface area contributed by atoms with Crippen LogP contribution in [-0.4, -0.2) is 34.3 Å². The number of rotatable bonds is 2. The lowest BCUT2D eigenvalue weighted by Gasteiger charge is -2.29. The van der Waals surface area contributed by atoms with Crippen molar-refractivity contribution in [2.75, 3.05) is 18.0 Å². The molecule has 1 fully saturated rings. The third-order valence-corrected chi connectivity index (χ3v) is 2.76. The first kappa shape index (κ1) is 11.1. The Hall–Kier alpha value is -1.42. The number of hydrogen-bond acceptors (Lipinski definition) is 4. The van der Waals surface area contributed by atoms with Crippen LogP contribution in [0, 0.1) is 0 Å². The van der Waals surface area contributed by atoms with E-state index in [9.17, 15) is 5.11 Å². The van der Waals surface area contributed by atoms with Crippen molar-refractivity contribution in [3.63, 3.8) is 0 Å². The lowest BCUT2D eigenvalue weighted by atomic mass is 10.1. The van der Waals surface area contributed by atoms with E-state index in [2.05, 4.69) is 14.9 Å². The van der Waals surface area contributed by atoms with Gasteiger partial charge >= 0.3 is 0 Å². The summed E-state index contributed by atoms with van der Waals surface area (Å²) < 4.78 is 0. The molecule has 0 amide bonds. The summed E-state index contributed by atoms with van der Waals surface area (Å²) in [5, 5.41) is 9.41. The van der Waals surface area contributed by atoms with Crippen molar-refractivity contribution >= 4 is 12.0 Å². The van der Waals surface area contributed by atoms with Crippen LogP contribution in [0.4, 0.5) is 5.95 Å². The molecule has 1 aromatic heterocycles. The summed E-state index contributed by atoms with van der Waals surface area (Å²) in [6.07, 6.45) is 9.05. The fourth-order valence-electron chi connectivity index (χ4n) is 1.84. The van der Waals surface area contributed by atoms with Gasteiger partial charge in [0.15, 0.2) is 0 Å². The zero-order valence-corrected chi connectivity index (χ0v) is 9.50. The topological polar surface area (TPSA) is 49.2 Å². The van der Waals surface area contributed by atoms with Gasteiger partial charge in [-0.05, 0) is 19.8 Å². The lowest BCUT2D eigenvalue weighted by molar-refractivity contribution is 0.145. The molecule has 4 nitrogen and oxygen atoms in total. The van der Waals surface area contributed by atoms with Gasteiger partial charge in [0.1, 0.15) is 0 Å². The fraction of sp³-hybridized carbons (Fsp3) is 0.500. The van der Waals surface area contributed by atoms with Crippen molar-refractivity contribution in [3.8, 4) is 0 Å². The number of piperidine rings is 1. The second-order valence-corrected chi connectivity index (χ2v) is 4.03. The van der Waals surface area contributed by atoms with Crippen LogP contribution in [0.15, 0.2) is 18.5 Å². The number of hydrogen-bond donors (Lipinski definition) is 1. The van der Waals surface area contributed by atoms with E-state index in [-0.39, 0.29) is 6.10 Å². The molecule has 86 valence electrons. The highest BCUT2D eigenvalue weighted by Crippen LogP contribution is 2.15. The molecular weight excluding hydrogens is 202 g/mol. The first-order valence-electron chi connectivity index (χ1n) is 5.67. The first-order valence-corrected chi connectivity index (χ1v) is 5.67. The molecule has 0 spiro atoms. The van der Waals surface area contributed by atoms with Crippen LogP contribution in [0.25, 0.3) is 6.08 Å². The molecule has 1 aromatic rings. The quantitative estimate of drug-likeness (QED) is 0.818. The number of nitrogens with zero attached hydrogens (tertiary/aromatic N) is 3. The Labute approximate surface area is 95.6 Å². The van der Waals surface area contributed by atoms with E-state index >= 15 is 0 Å². The predicted octanol–water partition coefficient (Wildman–Crippen LogP) is 1.47. The number of anilines is 1. The minimum Gasteiger partial charge on any atom is -0.393 e. The highest BCUT2D eigenvalue weighted by atomic mass is 16.3.